The zero-order chi connectivity index (χ0) is 15.4. The zero-order valence-electron chi connectivity index (χ0n) is 14.2. The normalized spacial score (nSPS) is 18.8. The fourth-order valence-electron chi connectivity index (χ4n) is 3.26. The molecular weight excluding hydrogens is 254 g/mol. The maximum Gasteiger partial charge on any atom is 0.0211 e. The van der Waals surface area contributed by atoms with Gasteiger partial charge in [-0.05, 0) is 61.6 Å². The van der Waals surface area contributed by atoms with E-state index in [2.05, 4.69) is 64.2 Å². The average Bonchev–Trinajstić information content (AvgIpc) is 2.68. The van der Waals surface area contributed by atoms with Crippen LogP contribution in [0.25, 0.3) is 5.57 Å². The van der Waals surface area contributed by atoms with Gasteiger partial charge in [0.1, 0.15) is 0 Å². The standard InChI is InChI=1S/C20H29N/c1-6-7-12-21-13-18-10-8-9-11-19(18)20-16(4)14(2)15(3)17(20)5/h8-11,16,21H,6-7,12-13H2,1-5H3. The Morgan fingerprint density at radius 1 is 1.05 bits per heavy atom. The quantitative estimate of drug-likeness (QED) is 0.695. The SMILES string of the molecule is CCCCNCc1ccccc1C1=C(C)C(C)=C(C)C1C. The van der Waals surface area contributed by atoms with E-state index in [1.165, 1.54) is 46.3 Å². The molecule has 0 saturated carbocycles. The van der Waals surface area contributed by atoms with Crippen molar-refractivity contribution in [3.05, 3.63) is 52.1 Å². The Hall–Kier alpha value is -1.34. The maximum atomic E-state index is 3.58. The number of allylic oxidation sites excluding steroid dienone is 4. The summed E-state index contributed by atoms with van der Waals surface area (Å²) in [7, 11) is 0. The van der Waals surface area contributed by atoms with E-state index >= 15 is 0 Å². The van der Waals surface area contributed by atoms with Crippen molar-refractivity contribution in [2.45, 2.75) is 54.0 Å². The first-order valence-electron chi connectivity index (χ1n) is 8.25. The molecule has 1 unspecified atom stereocenters. The van der Waals surface area contributed by atoms with Gasteiger partial charge in [-0.15, -0.1) is 0 Å². The van der Waals surface area contributed by atoms with Crippen LogP contribution in [0.2, 0.25) is 0 Å². The second kappa shape index (κ2) is 7.09. The van der Waals surface area contributed by atoms with E-state index in [4.69, 9.17) is 0 Å². The highest BCUT2D eigenvalue weighted by molar-refractivity contribution is 5.81. The highest BCUT2D eigenvalue weighted by Crippen LogP contribution is 2.43. The van der Waals surface area contributed by atoms with Crippen molar-refractivity contribution in [3.8, 4) is 0 Å². The summed E-state index contributed by atoms with van der Waals surface area (Å²) in [6.07, 6.45) is 2.50. The predicted octanol–water partition coefficient (Wildman–Crippen LogP) is 5.34. The fraction of sp³-hybridized carbons (Fsp3) is 0.500. The van der Waals surface area contributed by atoms with Crippen molar-refractivity contribution in [2.75, 3.05) is 6.54 Å². The molecule has 1 aromatic rings. The number of hydrogen-bond donors (Lipinski definition) is 1. The second-order valence-electron chi connectivity index (χ2n) is 6.26. The molecule has 1 heteroatoms. The topological polar surface area (TPSA) is 12.0 Å². The molecule has 1 N–H and O–H groups in total. The van der Waals surface area contributed by atoms with E-state index in [0.29, 0.717) is 5.92 Å². The smallest absolute Gasteiger partial charge is 0.0211 e. The molecule has 2 rings (SSSR count). The second-order valence-corrected chi connectivity index (χ2v) is 6.26. The van der Waals surface area contributed by atoms with E-state index in [9.17, 15) is 0 Å². The number of unbranched alkanes of at least 4 members (excludes halogenated alkanes) is 1. The molecule has 1 aliphatic carbocycles. The number of benzene rings is 1. The van der Waals surface area contributed by atoms with E-state index in [0.717, 1.165) is 13.1 Å². The van der Waals surface area contributed by atoms with E-state index < -0.39 is 0 Å². The molecule has 0 amide bonds. The molecule has 0 fully saturated rings. The van der Waals surface area contributed by atoms with Gasteiger partial charge in [0.2, 0.25) is 0 Å². The van der Waals surface area contributed by atoms with Crippen LogP contribution in [0.15, 0.2) is 41.0 Å². The van der Waals surface area contributed by atoms with Gasteiger partial charge in [0.25, 0.3) is 0 Å². The Morgan fingerprint density at radius 2 is 1.76 bits per heavy atom. The van der Waals surface area contributed by atoms with Gasteiger partial charge in [-0.3, -0.25) is 0 Å². The van der Waals surface area contributed by atoms with Crippen LogP contribution in [-0.2, 0) is 6.54 Å². The van der Waals surface area contributed by atoms with Crippen LogP contribution < -0.4 is 5.32 Å². The van der Waals surface area contributed by atoms with Crippen molar-refractivity contribution >= 4 is 5.57 Å². The summed E-state index contributed by atoms with van der Waals surface area (Å²) in [6, 6.07) is 8.88. The van der Waals surface area contributed by atoms with Gasteiger partial charge in [-0.2, -0.15) is 0 Å². The van der Waals surface area contributed by atoms with E-state index in [1.807, 2.05) is 0 Å². The van der Waals surface area contributed by atoms with Crippen molar-refractivity contribution in [1.29, 1.82) is 0 Å². The molecule has 1 nitrogen and oxygen atoms in total. The van der Waals surface area contributed by atoms with Crippen LogP contribution in [0, 0.1) is 5.92 Å². The first-order chi connectivity index (χ1) is 10.1. The minimum Gasteiger partial charge on any atom is -0.313 e. The summed E-state index contributed by atoms with van der Waals surface area (Å²) in [5, 5.41) is 3.58. The molecule has 0 bridgehead atoms. The van der Waals surface area contributed by atoms with Gasteiger partial charge in [-0.25, -0.2) is 0 Å². The lowest BCUT2D eigenvalue weighted by molar-refractivity contribution is 0.640. The summed E-state index contributed by atoms with van der Waals surface area (Å²) in [4.78, 5) is 0. The Balaban J connectivity index is 2.25. The molecular formula is C20H29N. The Bertz CT molecular complexity index is 563. The maximum absolute atomic E-state index is 3.58. The summed E-state index contributed by atoms with van der Waals surface area (Å²) in [5.74, 6) is 0.543. The van der Waals surface area contributed by atoms with Crippen molar-refractivity contribution < 1.29 is 0 Å². The fourth-order valence-corrected chi connectivity index (χ4v) is 3.26. The monoisotopic (exact) mass is 283 g/mol. The first-order valence-corrected chi connectivity index (χ1v) is 8.25. The highest BCUT2D eigenvalue weighted by Gasteiger charge is 2.25. The molecule has 1 aliphatic rings. The molecule has 0 spiro atoms. The minimum absolute atomic E-state index is 0.543. The summed E-state index contributed by atoms with van der Waals surface area (Å²) < 4.78 is 0. The third-order valence-electron chi connectivity index (χ3n) is 4.97. The lowest BCUT2D eigenvalue weighted by Crippen LogP contribution is -2.16. The molecule has 0 heterocycles. The Morgan fingerprint density at radius 3 is 2.38 bits per heavy atom. The number of rotatable bonds is 6. The molecule has 1 atom stereocenters. The van der Waals surface area contributed by atoms with Crippen LogP contribution in [0.1, 0.15) is 58.6 Å². The van der Waals surface area contributed by atoms with Crippen molar-refractivity contribution in [3.63, 3.8) is 0 Å². The zero-order valence-corrected chi connectivity index (χ0v) is 14.2. The van der Waals surface area contributed by atoms with Crippen LogP contribution in [0.3, 0.4) is 0 Å². The Labute approximate surface area is 130 Å². The summed E-state index contributed by atoms with van der Waals surface area (Å²) >= 11 is 0. The van der Waals surface area contributed by atoms with Crippen LogP contribution in [0.5, 0.6) is 0 Å². The molecule has 0 aliphatic heterocycles. The molecule has 114 valence electrons. The third kappa shape index (κ3) is 3.29. The lowest BCUT2D eigenvalue weighted by atomic mass is 9.89. The van der Waals surface area contributed by atoms with Crippen molar-refractivity contribution in [1.82, 2.24) is 5.32 Å². The third-order valence-corrected chi connectivity index (χ3v) is 4.97. The molecule has 0 saturated heterocycles. The number of nitrogens with one attached hydrogen (secondary N) is 1. The van der Waals surface area contributed by atoms with Crippen LogP contribution in [0.4, 0.5) is 0 Å². The first kappa shape index (κ1) is 16.0. The van der Waals surface area contributed by atoms with Crippen molar-refractivity contribution in [2.24, 2.45) is 5.92 Å². The predicted molar refractivity (Wildman–Crippen MR) is 93.2 cm³/mol. The van der Waals surface area contributed by atoms with Gasteiger partial charge in [0.05, 0.1) is 0 Å². The molecule has 1 aromatic carbocycles. The van der Waals surface area contributed by atoms with Gasteiger partial charge in [-0.1, -0.05) is 50.1 Å². The van der Waals surface area contributed by atoms with Crippen LogP contribution in [-0.4, -0.2) is 6.54 Å². The molecule has 21 heavy (non-hydrogen) atoms. The van der Waals surface area contributed by atoms with Gasteiger partial charge < -0.3 is 5.32 Å². The molecule has 0 aromatic heterocycles. The Kier molecular flexibility index (Phi) is 5.41. The summed E-state index contributed by atoms with van der Waals surface area (Å²) in [5.41, 5.74) is 8.86. The average molecular weight is 283 g/mol. The van der Waals surface area contributed by atoms with Crippen LogP contribution >= 0.6 is 0 Å². The van der Waals surface area contributed by atoms with Gasteiger partial charge >= 0.3 is 0 Å². The number of hydrogen-bond acceptors (Lipinski definition) is 1. The van der Waals surface area contributed by atoms with Gasteiger partial charge in [0.15, 0.2) is 0 Å². The minimum atomic E-state index is 0.543. The van der Waals surface area contributed by atoms with E-state index in [1.54, 1.807) is 0 Å². The molecule has 0 radical (unpaired) electrons. The van der Waals surface area contributed by atoms with E-state index in [-0.39, 0.29) is 0 Å². The lowest BCUT2D eigenvalue weighted by Gasteiger charge is -2.17. The summed E-state index contributed by atoms with van der Waals surface area (Å²) in [6.45, 7) is 13.5. The van der Waals surface area contributed by atoms with Gasteiger partial charge in [0, 0.05) is 12.5 Å². The largest absolute Gasteiger partial charge is 0.313 e. The highest BCUT2D eigenvalue weighted by atomic mass is 14.8.